The standard InChI is InChI=1S/C17H26OS/c1-4-5-6-11-19-13-17(18)16-9-7-15(8-10-16)12-14(2)3/h7-10,14H,4-6,11-13H2,1-3H3. The molecule has 0 fully saturated rings. The van der Waals surface area contributed by atoms with E-state index in [1.807, 2.05) is 12.1 Å². The number of unbranched alkanes of at least 4 members (excludes halogenated alkanes) is 2. The van der Waals surface area contributed by atoms with E-state index in [1.165, 1.54) is 24.8 Å². The van der Waals surface area contributed by atoms with E-state index < -0.39 is 0 Å². The molecule has 0 radical (unpaired) electrons. The fraction of sp³-hybridized carbons (Fsp3) is 0.588. The number of carbonyl (C=O) groups is 1. The molecule has 1 nitrogen and oxygen atoms in total. The summed E-state index contributed by atoms with van der Waals surface area (Å²) < 4.78 is 0. The first-order chi connectivity index (χ1) is 9.13. The number of carbonyl (C=O) groups excluding carboxylic acids is 1. The Morgan fingerprint density at radius 2 is 1.84 bits per heavy atom. The lowest BCUT2D eigenvalue weighted by atomic mass is 10.0. The van der Waals surface area contributed by atoms with Crippen LogP contribution in [-0.2, 0) is 6.42 Å². The molecule has 0 spiro atoms. The van der Waals surface area contributed by atoms with E-state index in [0.717, 1.165) is 17.7 Å². The van der Waals surface area contributed by atoms with Gasteiger partial charge in [-0.2, -0.15) is 11.8 Å². The highest BCUT2D eigenvalue weighted by molar-refractivity contribution is 7.99. The molecule has 1 aromatic rings. The van der Waals surface area contributed by atoms with Gasteiger partial charge in [-0.1, -0.05) is 57.9 Å². The summed E-state index contributed by atoms with van der Waals surface area (Å²) in [7, 11) is 0. The monoisotopic (exact) mass is 278 g/mol. The number of benzene rings is 1. The van der Waals surface area contributed by atoms with Gasteiger partial charge in [0.05, 0.1) is 5.75 Å². The van der Waals surface area contributed by atoms with Gasteiger partial charge in [0.2, 0.25) is 0 Å². The summed E-state index contributed by atoms with van der Waals surface area (Å²) >= 11 is 1.76. The van der Waals surface area contributed by atoms with Crippen LogP contribution in [-0.4, -0.2) is 17.3 Å². The van der Waals surface area contributed by atoms with Crippen molar-refractivity contribution >= 4 is 17.5 Å². The van der Waals surface area contributed by atoms with Crippen LogP contribution in [0.3, 0.4) is 0 Å². The van der Waals surface area contributed by atoms with E-state index in [0.29, 0.717) is 11.7 Å². The molecule has 0 heterocycles. The molecule has 0 amide bonds. The molecule has 0 saturated heterocycles. The Kier molecular flexibility index (Phi) is 7.88. The Bertz CT molecular complexity index is 367. The molecule has 0 atom stereocenters. The Balaban J connectivity index is 2.36. The quantitative estimate of drug-likeness (QED) is 0.467. The molecule has 0 N–H and O–H groups in total. The van der Waals surface area contributed by atoms with Crippen molar-refractivity contribution in [2.75, 3.05) is 11.5 Å². The Morgan fingerprint density at radius 1 is 1.16 bits per heavy atom. The number of Topliss-reactive ketones (excluding diaryl/α,β-unsaturated/α-hetero) is 1. The molecule has 0 aliphatic heterocycles. The molecule has 1 rings (SSSR count). The highest BCUT2D eigenvalue weighted by Crippen LogP contribution is 2.13. The Hall–Kier alpha value is -0.760. The molecule has 0 aromatic heterocycles. The van der Waals surface area contributed by atoms with Gasteiger partial charge in [-0.05, 0) is 30.1 Å². The fourth-order valence-corrected chi connectivity index (χ4v) is 2.91. The minimum absolute atomic E-state index is 0.262. The third-order valence-electron chi connectivity index (χ3n) is 3.05. The molecule has 1 aromatic carbocycles. The van der Waals surface area contributed by atoms with Crippen LogP contribution in [0, 0.1) is 5.92 Å². The van der Waals surface area contributed by atoms with Crippen molar-refractivity contribution < 1.29 is 4.79 Å². The van der Waals surface area contributed by atoms with Gasteiger partial charge in [0.25, 0.3) is 0 Å². The summed E-state index contributed by atoms with van der Waals surface area (Å²) in [6.45, 7) is 6.63. The number of rotatable bonds is 9. The van der Waals surface area contributed by atoms with Crippen LogP contribution >= 0.6 is 11.8 Å². The zero-order valence-electron chi connectivity index (χ0n) is 12.4. The van der Waals surface area contributed by atoms with E-state index >= 15 is 0 Å². The Morgan fingerprint density at radius 3 is 2.42 bits per heavy atom. The maximum atomic E-state index is 12.0. The van der Waals surface area contributed by atoms with Crippen molar-refractivity contribution in [3.63, 3.8) is 0 Å². The van der Waals surface area contributed by atoms with Gasteiger partial charge in [0.1, 0.15) is 0 Å². The second-order valence-corrected chi connectivity index (χ2v) is 6.58. The average molecular weight is 278 g/mol. The summed E-state index contributed by atoms with van der Waals surface area (Å²) in [5.41, 5.74) is 2.18. The molecular formula is C17H26OS. The van der Waals surface area contributed by atoms with Crippen LogP contribution in [0.15, 0.2) is 24.3 Å². The van der Waals surface area contributed by atoms with E-state index in [4.69, 9.17) is 0 Å². The Labute approximate surface area is 122 Å². The maximum absolute atomic E-state index is 12.0. The van der Waals surface area contributed by atoms with Crippen molar-refractivity contribution in [2.45, 2.75) is 46.5 Å². The lowest BCUT2D eigenvalue weighted by Crippen LogP contribution is -2.03. The first-order valence-corrected chi connectivity index (χ1v) is 8.48. The van der Waals surface area contributed by atoms with Crippen LogP contribution in [0.5, 0.6) is 0 Å². The smallest absolute Gasteiger partial charge is 0.172 e. The number of ketones is 1. The fourth-order valence-electron chi connectivity index (χ4n) is 2.00. The summed E-state index contributed by atoms with van der Waals surface area (Å²) in [6, 6.07) is 8.14. The molecule has 106 valence electrons. The van der Waals surface area contributed by atoms with Gasteiger partial charge < -0.3 is 0 Å². The van der Waals surface area contributed by atoms with Crippen molar-refractivity contribution in [3.05, 3.63) is 35.4 Å². The SMILES string of the molecule is CCCCCSCC(=O)c1ccc(CC(C)C)cc1. The van der Waals surface area contributed by atoms with E-state index in [2.05, 4.69) is 32.9 Å². The van der Waals surface area contributed by atoms with Gasteiger partial charge >= 0.3 is 0 Å². The van der Waals surface area contributed by atoms with Crippen molar-refractivity contribution in [1.82, 2.24) is 0 Å². The second-order valence-electron chi connectivity index (χ2n) is 5.48. The zero-order valence-corrected chi connectivity index (χ0v) is 13.3. The minimum atomic E-state index is 0.262. The highest BCUT2D eigenvalue weighted by Gasteiger charge is 2.06. The summed E-state index contributed by atoms with van der Waals surface area (Å²) in [5.74, 6) is 2.64. The van der Waals surface area contributed by atoms with E-state index in [-0.39, 0.29) is 5.78 Å². The van der Waals surface area contributed by atoms with Gasteiger partial charge in [-0.25, -0.2) is 0 Å². The molecule has 0 saturated carbocycles. The van der Waals surface area contributed by atoms with Gasteiger partial charge in [-0.15, -0.1) is 0 Å². The van der Waals surface area contributed by atoms with Crippen LogP contribution in [0.2, 0.25) is 0 Å². The van der Waals surface area contributed by atoms with Crippen LogP contribution in [0.25, 0.3) is 0 Å². The first-order valence-electron chi connectivity index (χ1n) is 7.33. The molecule has 0 unspecified atom stereocenters. The molecule has 19 heavy (non-hydrogen) atoms. The summed E-state index contributed by atoms with van der Waals surface area (Å²) in [5, 5.41) is 0. The number of hydrogen-bond acceptors (Lipinski definition) is 2. The second kappa shape index (κ2) is 9.19. The van der Waals surface area contributed by atoms with Gasteiger partial charge in [0.15, 0.2) is 5.78 Å². The predicted molar refractivity (Wildman–Crippen MR) is 86.2 cm³/mol. The van der Waals surface area contributed by atoms with Gasteiger partial charge in [0, 0.05) is 5.56 Å². The molecule has 2 heteroatoms. The normalized spacial score (nSPS) is 10.9. The molecular weight excluding hydrogens is 252 g/mol. The lowest BCUT2D eigenvalue weighted by molar-refractivity contribution is 0.102. The number of hydrogen-bond donors (Lipinski definition) is 0. The van der Waals surface area contributed by atoms with E-state index in [1.54, 1.807) is 11.8 Å². The minimum Gasteiger partial charge on any atom is -0.293 e. The van der Waals surface area contributed by atoms with Crippen LogP contribution < -0.4 is 0 Å². The maximum Gasteiger partial charge on any atom is 0.172 e. The van der Waals surface area contributed by atoms with Crippen LogP contribution in [0.1, 0.15) is 56.0 Å². The van der Waals surface area contributed by atoms with Crippen molar-refractivity contribution in [1.29, 1.82) is 0 Å². The first kappa shape index (κ1) is 16.3. The van der Waals surface area contributed by atoms with E-state index in [9.17, 15) is 4.79 Å². The van der Waals surface area contributed by atoms with Crippen molar-refractivity contribution in [3.8, 4) is 0 Å². The third-order valence-corrected chi connectivity index (χ3v) is 4.09. The van der Waals surface area contributed by atoms with Crippen molar-refractivity contribution in [2.24, 2.45) is 5.92 Å². The third kappa shape index (κ3) is 6.81. The highest BCUT2D eigenvalue weighted by atomic mass is 32.2. The predicted octanol–water partition coefficient (Wildman–Crippen LogP) is 4.99. The molecule has 0 bridgehead atoms. The zero-order chi connectivity index (χ0) is 14.1. The van der Waals surface area contributed by atoms with Gasteiger partial charge in [-0.3, -0.25) is 4.79 Å². The molecule has 0 aliphatic carbocycles. The average Bonchev–Trinajstić information content (AvgIpc) is 2.38. The topological polar surface area (TPSA) is 17.1 Å². The number of thioether (sulfide) groups is 1. The lowest BCUT2D eigenvalue weighted by Gasteiger charge is -2.06. The summed E-state index contributed by atoms with van der Waals surface area (Å²) in [4.78, 5) is 12.0. The largest absolute Gasteiger partial charge is 0.293 e. The summed E-state index contributed by atoms with van der Waals surface area (Å²) in [6.07, 6.45) is 4.82. The van der Waals surface area contributed by atoms with Crippen LogP contribution in [0.4, 0.5) is 0 Å². The molecule has 0 aliphatic rings.